The molecule has 112 valence electrons. The van der Waals surface area contributed by atoms with E-state index in [-0.39, 0.29) is 11.9 Å². The maximum Gasteiger partial charge on any atom is 0.313 e. The SMILES string of the molecule is CCCC(C)CC(C(=O)OCC)c1cccc(C)c1N. The molecule has 1 aromatic carbocycles. The van der Waals surface area contributed by atoms with Crippen LogP contribution in [0.4, 0.5) is 5.69 Å². The average Bonchev–Trinajstić information content (AvgIpc) is 2.40. The van der Waals surface area contributed by atoms with Crippen molar-refractivity contribution in [2.24, 2.45) is 5.92 Å². The summed E-state index contributed by atoms with van der Waals surface area (Å²) in [4.78, 5) is 12.3. The van der Waals surface area contributed by atoms with Gasteiger partial charge in [-0.05, 0) is 37.3 Å². The molecule has 1 rings (SSSR count). The van der Waals surface area contributed by atoms with Crippen LogP contribution >= 0.6 is 0 Å². The van der Waals surface area contributed by atoms with E-state index in [0.717, 1.165) is 30.4 Å². The quantitative estimate of drug-likeness (QED) is 0.604. The summed E-state index contributed by atoms with van der Waals surface area (Å²) >= 11 is 0. The van der Waals surface area contributed by atoms with Gasteiger partial charge in [0.05, 0.1) is 12.5 Å². The maximum atomic E-state index is 12.3. The Labute approximate surface area is 122 Å². The highest BCUT2D eigenvalue weighted by Gasteiger charge is 2.26. The first-order valence-corrected chi connectivity index (χ1v) is 7.52. The molecule has 2 unspecified atom stereocenters. The Hall–Kier alpha value is -1.51. The molecule has 0 aromatic heterocycles. The first-order chi connectivity index (χ1) is 9.51. The van der Waals surface area contributed by atoms with E-state index in [0.29, 0.717) is 18.2 Å². The number of carbonyl (C=O) groups is 1. The zero-order chi connectivity index (χ0) is 15.1. The molecule has 0 spiro atoms. The lowest BCUT2D eigenvalue weighted by atomic mass is 9.86. The summed E-state index contributed by atoms with van der Waals surface area (Å²) < 4.78 is 5.24. The lowest BCUT2D eigenvalue weighted by molar-refractivity contribution is -0.145. The van der Waals surface area contributed by atoms with Crippen molar-refractivity contribution in [1.82, 2.24) is 0 Å². The van der Waals surface area contributed by atoms with E-state index < -0.39 is 0 Å². The van der Waals surface area contributed by atoms with Gasteiger partial charge in [0.1, 0.15) is 0 Å². The van der Waals surface area contributed by atoms with E-state index in [1.807, 2.05) is 32.0 Å². The van der Waals surface area contributed by atoms with Crippen molar-refractivity contribution < 1.29 is 9.53 Å². The Morgan fingerprint density at radius 3 is 2.65 bits per heavy atom. The van der Waals surface area contributed by atoms with Gasteiger partial charge in [-0.15, -0.1) is 0 Å². The summed E-state index contributed by atoms with van der Waals surface area (Å²) in [5.41, 5.74) is 8.80. The molecule has 0 bridgehead atoms. The van der Waals surface area contributed by atoms with Crippen LogP contribution in [0.3, 0.4) is 0 Å². The van der Waals surface area contributed by atoms with Crippen LogP contribution < -0.4 is 5.73 Å². The molecule has 0 aliphatic carbocycles. The fourth-order valence-corrected chi connectivity index (χ4v) is 2.61. The second kappa shape index (κ2) is 7.93. The van der Waals surface area contributed by atoms with Gasteiger partial charge in [0.2, 0.25) is 0 Å². The zero-order valence-corrected chi connectivity index (χ0v) is 13.1. The van der Waals surface area contributed by atoms with E-state index in [4.69, 9.17) is 10.5 Å². The number of benzene rings is 1. The molecule has 0 amide bonds. The fourth-order valence-electron chi connectivity index (χ4n) is 2.61. The Morgan fingerprint density at radius 1 is 1.35 bits per heavy atom. The first-order valence-electron chi connectivity index (χ1n) is 7.52. The molecular weight excluding hydrogens is 250 g/mol. The van der Waals surface area contributed by atoms with Crippen molar-refractivity contribution in [2.45, 2.75) is 52.9 Å². The lowest BCUT2D eigenvalue weighted by Gasteiger charge is -2.22. The predicted octanol–water partition coefficient (Wildman–Crippen LogP) is 4.05. The van der Waals surface area contributed by atoms with Gasteiger partial charge in [0, 0.05) is 5.69 Å². The second-order valence-electron chi connectivity index (χ2n) is 5.51. The minimum absolute atomic E-state index is 0.159. The topological polar surface area (TPSA) is 52.3 Å². The standard InChI is InChI=1S/C17H27NO2/c1-5-8-12(3)11-15(17(19)20-6-2)14-10-7-9-13(4)16(14)18/h7,9-10,12,15H,5-6,8,11,18H2,1-4H3. The number of rotatable bonds is 7. The molecule has 0 aliphatic heterocycles. The van der Waals surface area contributed by atoms with Crippen LogP contribution in [0.1, 0.15) is 57.1 Å². The normalized spacial score (nSPS) is 13.8. The smallest absolute Gasteiger partial charge is 0.313 e. The van der Waals surface area contributed by atoms with Crippen molar-refractivity contribution in [3.8, 4) is 0 Å². The minimum atomic E-state index is -0.253. The Balaban J connectivity index is 3.03. The molecule has 0 aliphatic rings. The summed E-state index contributed by atoms with van der Waals surface area (Å²) in [6.45, 7) is 8.56. The van der Waals surface area contributed by atoms with Crippen LogP contribution in [-0.2, 0) is 9.53 Å². The number of hydrogen-bond donors (Lipinski definition) is 1. The van der Waals surface area contributed by atoms with Crippen LogP contribution in [0.2, 0.25) is 0 Å². The largest absolute Gasteiger partial charge is 0.466 e. The van der Waals surface area contributed by atoms with Crippen molar-refractivity contribution in [2.75, 3.05) is 12.3 Å². The summed E-state index contributed by atoms with van der Waals surface area (Å²) in [6.07, 6.45) is 3.03. The van der Waals surface area contributed by atoms with Crippen LogP contribution in [0.15, 0.2) is 18.2 Å². The molecule has 1 aromatic rings. The summed E-state index contributed by atoms with van der Waals surface area (Å²) in [6, 6.07) is 5.87. The van der Waals surface area contributed by atoms with E-state index in [2.05, 4.69) is 13.8 Å². The number of hydrogen-bond acceptors (Lipinski definition) is 3. The molecule has 2 N–H and O–H groups in total. The fraction of sp³-hybridized carbons (Fsp3) is 0.588. The predicted molar refractivity (Wildman–Crippen MR) is 83.7 cm³/mol. The number of esters is 1. The van der Waals surface area contributed by atoms with E-state index in [1.165, 1.54) is 0 Å². The molecule has 2 atom stereocenters. The van der Waals surface area contributed by atoms with Crippen molar-refractivity contribution in [3.63, 3.8) is 0 Å². The van der Waals surface area contributed by atoms with Crippen LogP contribution in [0.5, 0.6) is 0 Å². The van der Waals surface area contributed by atoms with Gasteiger partial charge >= 0.3 is 5.97 Å². The van der Waals surface area contributed by atoms with Gasteiger partial charge in [-0.2, -0.15) is 0 Å². The highest BCUT2D eigenvalue weighted by atomic mass is 16.5. The number of carbonyl (C=O) groups excluding carboxylic acids is 1. The van der Waals surface area contributed by atoms with E-state index in [1.54, 1.807) is 0 Å². The molecule has 0 radical (unpaired) electrons. The van der Waals surface area contributed by atoms with Gasteiger partial charge in [0.15, 0.2) is 0 Å². The van der Waals surface area contributed by atoms with Gasteiger partial charge in [-0.25, -0.2) is 0 Å². The van der Waals surface area contributed by atoms with Gasteiger partial charge < -0.3 is 10.5 Å². The van der Waals surface area contributed by atoms with Crippen molar-refractivity contribution in [3.05, 3.63) is 29.3 Å². The molecule has 0 fully saturated rings. The number of nitrogen functional groups attached to an aromatic ring is 1. The maximum absolute atomic E-state index is 12.3. The Morgan fingerprint density at radius 2 is 2.05 bits per heavy atom. The van der Waals surface area contributed by atoms with E-state index in [9.17, 15) is 4.79 Å². The molecule has 20 heavy (non-hydrogen) atoms. The Kier molecular flexibility index (Phi) is 6.56. The number of para-hydroxylation sites is 1. The third kappa shape index (κ3) is 4.26. The second-order valence-corrected chi connectivity index (χ2v) is 5.51. The first kappa shape index (κ1) is 16.5. The summed E-state index contributed by atoms with van der Waals surface area (Å²) in [5, 5.41) is 0. The molecule has 0 saturated heterocycles. The van der Waals surface area contributed by atoms with Gasteiger partial charge in [0.25, 0.3) is 0 Å². The van der Waals surface area contributed by atoms with Crippen molar-refractivity contribution in [1.29, 1.82) is 0 Å². The molecule has 0 saturated carbocycles. The summed E-state index contributed by atoms with van der Waals surface area (Å²) in [5.74, 6) is 0.0680. The van der Waals surface area contributed by atoms with Gasteiger partial charge in [-0.3, -0.25) is 4.79 Å². The van der Waals surface area contributed by atoms with Crippen LogP contribution in [-0.4, -0.2) is 12.6 Å². The van der Waals surface area contributed by atoms with Crippen LogP contribution in [0.25, 0.3) is 0 Å². The lowest BCUT2D eigenvalue weighted by Crippen LogP contribution is -2.20. The third-order valence-electron chi connectivity index (χ3n) is 3.72. The van der Waals surface area contributed by atoms with E-state index >= 15 is 0 Å². The molecule has 3 nitrogen and oxygen atoms in total. The summed E-state index contributed by atoms with van der Waals surface area (Å²) in [7, 11) is 0. The van der Waals surface area contributed by atoms with Crippen molar-refractivity contribution >= 4 is 11.7 Å². The third-order valence-corrected chi connectivity index (χ3v) is 3.72. The molecule has 3 heteroatoms. The van der Waals surface area contributed by atoms with Crippen LogP contribution in [0, 0.1) is 12.8 Å². The minimum Gasteiger partial charge on any atom is -0.466 e. The average molecular weight is 277 g/mol. The highest BCUT2D eigenvalue weighted by molar-refractivity contribution is 5.80. The highest BCUT2D eigenvalue weighted by Crippen LogP contribution is 2.32. The number of nitrogens with two attached hydrogens (primary N) is 1. The zero-order valence-electron chi connectivity index (χ0n) is 13.1. The van der Waals surface area contributed by atoms with Gasteiger partial charge in [-0.1, -0.05) is 44.9 Å². The number of ether oxygens (including phenoxy) is 1. The number of aryl methyl sites for hydroxylation is 1. The Bertz CT molecular complexity index is 443. The number of anilines is 1. The molecule has 0 heterocycles. The monoisotopic (exact) mass is 277 g/mol. The molecular formula is C17H27NO2.